The van der Waals surface area contributed by atoms with E-state index in [1.807, 2.05) is 0 Å². The minimum Gasteiger partial charge on any atom is -0.507 e. The van der Waals surface area contributed by atoms with Crippen molar-refractivity contribution >= 4 is 5.97 Å². The minimum absolute atomic E-state index is 0.0803. The number of esters is 1. The van der Waals surface area contributed by atoms with Gasteiger partial charge in [-0.3, -0.25) is 10.1 Å². The van der Waals surface area contributed by atoms with Crippen LogP contribution in [0.1, 0.15) is 31.9 Å². The first-order valence-corrected chi connectivity index (χ1v) is 9.13. The number of rotatable bonds is 7. The zero-order valence-electron chi connectivity index (χ0n) is 16.6. The predicted molar refractivity (Wildman–Crippen MR) is 101 cm³/mol. The van der Waals surface area contributed by atoms with Crippen LogP contribution in [-0.4, -0.2) is 30.4 Å². The van der Waals surface area contributed by atoms with Crippen molar-refractivity contribution in [1.82, 2.24) is 5.32 Å². The Morgan fingerprint density at radius 2 is 1.77 bits per heavy atom. The fourth-order valence-electron chi connectivity index (χ4n) is 3.08. The van der Waals surface area contributed by atoms with E-state index in [0.29, 0.717) is 6.07 Å². The van der Waals surface area contributed by atoms with Crippen LogP contribution in [0.4, 0.5) is 22.0 Å². The minimum atomic E-state index is -4.84. The summed E-state index contributed by atoms with van der Waals surface area (Å²) >= 11 is 0. The highest BCUT2D eigenvalue weighted by atomic mass is 19.4. The molecule has 0 amide bonds. The van der Waals surface area contributed by atoms with Crippen LogP contribution in [0.5, 0.6) is 5.75 Å². The summed E-state index contributed by atoms with van der Waals surface area (Å²) in [5.74, 6) is -3.21. The Balaban J connectivity index is 2.44. The summed E-state index contributed by atoms with van der Waals surface area (Å²) in [7, 11) is 1.07. The summed E-state index contributed by atoms with van der Waals surface area (Å²) in [6.45, 7) is 3.47. The quantitative estimate of drug-likeness (QED) is 0.472. The zero-order valence-corrected chi connectivity index (χ0v) is 16.6. The van der Waals surface area contributed by atoms with E-state index in [-0.39, 0.29) is 23.5 Å². The normalized spacial score (nSPS) is 13.9. The maximum Gasteiger partial charge on any atom is 0.407 e. The third kappa shape index (κ3) is 5.69. The van der Waals surface area contributed by atoms with E-state index in [1.54, 1.807) is 13.8 Å². The van der Waals surface area contributed by atoms with Gasteiger partial charge in [0.1, 0.15) is 29.5 Å². The molecule has 0 aliphatic heterocycles. The highest BCUT2D eigenvalue weighted by molar-refractivity contribution is 5.75. The third-order valence-corrected chi connectivity index (χ3v) is 4.46. The third-order valence-electron chi connectivity index (χ3n) is 4.46. The first-order valence-electron chi connectivity index (χ1n) is 9.13. The molecule has 4 nitrogen and oxygen atoms in total. The van der Waals surface area contributed by atoms with Crippen LogP contribution >= 0.6 is 0 Å². The van der Waals surface area contributed by atoms with Gasteiger partial charge in [-0.2, -0.15) is 13.2 Å². The Labute approximate surface area is 170 Å². The van der Waals surface area contributed by atoms with Gasteiger partial charge in [0, 0.05) is 11.1 Å². The smallest absolute Gasteiger partial charge is 0.407 e. The van der Waals surface area contributed by atoms with Gasteiger partial charge >= 0.3 is 12.1 Å². The molecule has 0 radical (unpaired) electrons. The van der Waals surface area contributed by atoms with Crippen molar-refractivity contribution in [2.45, 2.75) is 38.5 Å². The van der Waals surface area contributed by atoms with Gasteiger partial charge in [0.05, 0.1) is 7.11 Å². The number of hydrogen-bond donors (Lipinski definition) is 2. The number of ether oxygens (including phenoxy) is 1. The van der Waals surface area contributed by atoms with E-state index >= 15 is 0 Å². The number of nitrogens with one attached hydrogen (secondary N) is 1. The molecule has 1 unspecified atom stereocenters. The second kappa shape index (κ2) is 9.42. The van der Waals surface area contributed by atoms with E-state index < -0.39 is 47.2 Å². The van der Waals surface area contributed by atoms with Crippen LogP contribution in [0.15, 0.2) is 36.4 Å². The second-order valence-electron chi connectivity index (χ2n) is 7.25. The molecule has 0 saturated carbocycles. The standard InChI is InChI=1S/C21H22F5NO3/c1-11(2)8-17(20(29)30-3)27-19(21(24,25)26)12-4-6-14(16(23)9-12)15-10-13(22)5-7-18(15)28/h4-7,9-11,17,19,27-28H,8H2,1-3H3/t17-,19?/m0/s1. The van der Waals surface area contributed by atoms with Crippen molar-refractivity contribution in [3.05, 3.63) is 53.6 Å². The maximum atomic E-state index is 14.6. The second-order valence-corrected chi connectivity index (χ2v) is 7.25. The Hall–Kier alpha value is -2.68. The number of carbonyl (C=O) groups excluding carboxylic acids is 1. The fourth-order valence-corrected chi connectivity index (χ4v) is 3.08. The van der Waals surface area contributed by atoms with Crippen LogP contribution in [0, 0.1) is 17.6 Å². The SMILES string of the molecule is COC(=O)[C@H](CC(C)C)NC(c1ccc(-c2cc(F)ccc2O)c(F)c1)C(F)(F)F. The van der Waals surface area contributed by atoms with Gasteiger partial charge in [-0.05, 0) is 42.2 Å². The number of phenolic OH excluding ortho intramolecular Hbond substituents is 1. The maximum absolute atomic E-state index is 14.6. The van der Waals surface area contributed by atoms with Crippen LogP contribution in [0.2, 0.25) is 0 Å². The summed E-state index contributed by atoms with van der Waals surface area (Å²) in [6, 6.07) is 1.95. The van der Waals surface area contributed by atoms with Crippen molar-refractivity contribution in [3.63, 3.8) is 0 Å². The molecule has 0 fully saturated rings. The van der Waals surface area contributed by atoms with E-state index in [4.69, 9.17) is 0 Å². The van der Waals surface area contributed by atoms with Crippen molar-refractivity contribution in [3.8, 4) is 16.9 Å². The highest BCUT2D eigenvalue weighted by Gasteiger charge is 2.43. The van der Waals surface area contributed by atoms with E-state index in [1.165, 1.54) is 0 Å². The van der Waals surface area contributed by atoms with Gasteiger partial charge in [-0.15, -0.1) is 0 Å². The zero-order chi connectivity index (χ0) is 22.6. The molecule has 0 aliphatic carbocycles. The molecule has 0 spiro atoms. The number of benzene rings is 2. The molecule has 0 bridgehead atoms. The first kappa shape index (κ1) is 23.6. The molecule has 9 heteroatoms. The number of halogens is 5. The lowest BCUT2D eigenvalue weighted by Crippen LogP contribution is -2.45. The molecule has 0 aliphatic rings. The molecule has 164 valence electrons. The summed E-state index contributed by atoms with van der Waals surface area (Å²) in [5, 5.41) is 12.1. The largest absolute Gasteiger partial charge is 0.507 e. The monoisotopic (exact) mass is 431 g/mol. The number of methoxy groups -OCH3 is 1. The lowest BCUT2D eigenvalue weighted by atomic mass is 9.97. The van der Waals surface area contributed by atoms with E-state index in [0.717, 1.165) is 37.4 Å². The molecule has 2 aromatic rings. The van der Waals surface area contributed by atoms with Crippen LogP contribution in [0.3, 0.4) is 0 Å². The molecule has 2 aromatic carbocycles. The Kier molecular flexibility index (Phi) is 7.41. The van der Waals surface area contributed by atoms with Crippen molar-refractivity contribution in [2.24, 2.45) is 5.92 Å². The molecule has 2 N–H and O–H groups in total. The molecule has 2 atom stereocenters. The Morgan fingerprint density at radius 1 is 1.10 bits per heavy atom. The molecule has 2 rings (SSSR count). The van der Waals surface area contributed by atoms with Crippen molar-refractivity contribution < 1.29 is 36.6 Å². The van der Waals surface area contributed by atoms with Gasteiger partial charge in [0.2, 0.25) is 0 Å². The van der Waals surface area contributed by atoms with Gasteiger partial charge < -0.3 is 9.84 Å². The lowest BCUT2D eigenvalue weighted by Gasteiger charge is -2.27. The fraction of sp³-hybridized carbons (Fsp3) is 0.381. The van der Waals surface area contributed by atoms with Gasteiger partial charge in [0.15, 0.2) is 0 Å². The predicted octanol–water partition coefficient (Wildman–Crippen LogP) is 5.12. The molecular formula is C21H22F5NO3. The van der Waals surface area contributed by atoms with Crippen molar-refractivity contribution in [1.29, 1.82) is 0 Å². The molecule has 0 heterocycles. The summed E-state index contributed by atoms with van der Waals surface area (Å²) < 4.78 is 73.8. The number of hydrogen-bond acceptors (Lipinski definition) is 4. The topological polar surface area (TPSA) is 58.6 Å². The van der Waals surface area contributed by atoms with Gasteiger partial charge in [-0.25, -0.2) is 8.78 Å². The molecule has 0 aromatic heterocycles. The van der Waals surface area contributed by atoms with E-state index in [2.05, 4.69) is 10.1 Å². The van der Waals surface area contributed by atoms with Crippen LogP contribution in [0.25, 0.3) is 11.1 Å². The van der Waals surface area contributed by atoms with Crippen LogP contribution in [-0.2, 0) is 9.53 Å². The summed E-state index contributed by atoms with van der Waals surface area (Å²) in [4.78, 5) is 11.9. The average molecular weight is 431 g/mol. The van der Waals surface area contributed by atoms with Gasteiger partial charge in [0.25, 0.3) is 0 Å². The Morgan fingerprint density at radius 3 is 2.30 bits per heavy atom. The lowest BCUT2D eigenvalue weighted by molar-refractivity contribution is -0.164. The molecular weight excluding hydrogens is 409 g/mol. The number of phenols is 1. The summed E-state index contributed by atoms with van der Waals surface area (Å²) in [6.07, 6.45) is -4.75. The first-order chi connectivity index (χ1) is 13.9. The number of alkyl halides is 3. The average Bonchev–Trinajstić information content (AvgIpc) is 2.65. The van der Waals surface area contributed by atoms with Crippen molar-refractivity contribution in [2.75, 3.05) is 7.11 Å². The van der Waals surface area contributed by atoms with E-state index in [9.17, 15) is 31.9 Å². The molecule has 0 saturated heterocycles. The number of aromatic hydroxyl groups is 1. The van der Waals surface area contributed by atoms with Gasteiger partial charge in [-0.1, -0.05) is 26.0 Å². The summed E-state index contributed by atoms with van der Waals surface area (Å²) in [5.41, 5.74) is -0.927. The highest BCUT2D eigenvalue weighted by Crippen LogP contribution is 2.37. The molecule has 30 heavy (non-hydrogen) atoms. The Bertz CT molecular complexity index is 899. The van der Waals surface area contributed by atoms with Crippen LogP contribution < -0.4 is 5.32 Å². The number of carbonyl (C=O) groups is 1.